The Hall–Kier alpha value is -1.33. The zero-order valence-corrected chi connectivity index (χ0v) is 13.4. The van der Waals surface area contributed by atoms with Crippen LogP contribution in [-0.2, 0) is 22.5 Å². The van der Waals surface area contributed by atoms with Gasteiger partial charge in [-0.1, -0.05) is 12.1 Å². The number of ether oxygens (including phenoxy) is 1. The molecule has 4 nitrogen and oxygen atoms in total. The van der Waals surface area contributed by atoms with E-state index in [1.54, 1.807) is 0 Å². The van der Waals surface area contributed by atoms with Crippen LogP contribution in [0.25, 0.3) is 10.9 Å². The third kappa shape index (κ3) is 2.10. The van der Waals surface area contributed by atoms with Crippen molar-refractivity contribution in [1.29, 1.82) is 0 Å². The summed E-state index contributed by atoms with van der Waals surface area (Å²) in [5.74, 6) is -0.0630. The van der Waals surface area contributed by atoms with Crippen LogP contribution >= 0.6 is 15.9 Å². The highest BCUT2D eigenvalue weighted by Crippen LogP contribution is 2.33. The van der Waals surface area contributed by atoms with E-state index in [1.165, 1.54) is 16.6 Å². The molecule has 0 unspecified atom stereocenters. The van der Waals surface area contributed by atoms with Crippen LogP contribution < -0.4 is 0 Å². The number of H-pyrrole nitrogens is 1. The molecule has 2 aliphatic rings. The second kappa shape index (κ2) is 4.85. The standard InChI is InChI=1S/C16H17BrN2O2/c1-9-7-14(16(20)21-9)19-6-5-13-11(8-19)10-3-2-4-12(17)15(10)18-13/h2-4,9,14,18H,5-8H2,1H3/t9-,14+/m0/s1. The largest absolute Gasteiger partial charge is 0.461 e. The van der Waals surface area contributed by atoms with Crippen molar-refractivity contribution in [2.45, 2.75) is 38.5 Å². The van der Waals surface area contributed by atoms with Gasteiger partial charge in [0, 0.05) is 41.5 Å². The van der Waals surface area contributed by atoms with E-state index in [0.29, 0.717) is 0 Å². The van der Waals surface area contributed by atoms with E-state index in [2.05, 4.69) is 44.0 Å². The van der Waals surface area contributed by atoms with Crippen molar-refractivity contribution in [3.63, 3.8) is 0 Å². The number of para-hydroxylation sites is 1. The van der Waals surface area contributed by atoms with Crippen LogP contribution in [0.1, 0.15) is 24.6 Å². The van der Waals surface area contributed by atoms with E-state index in [-0.39, 0.29) is 18.1 Å². The number of cyclic esters (lactones) is 1. The second-order valence-corrected chi connectivity index (χ2v) is 6.82. The summed E-state index contributed by atoms with van der Waals surface area (Å²) in [7, 11) is 0. The van der Waals surface area contributed by atoms with Gasteiger partial charge in [0.1, 0.15) is 12.1 Å². The van der Waals surface area contributed by atoms with Gasteiger partial charge in [-0.25, -0.2) is 0 Å². The summed E-state index contributed by atoms with van der Waals surface area (Å²) in [5.41, 5.74) is 3.78. The van der Waals surface area contributed by atoms with Gasteiger partial charge < -0.3 is 9.72 Å². The third-order valence-corrected chi connectivity index (χ3v) is 5.24. The molecule has 1 aromatic heterocycles. The molecule has 0 radical (unpaired) electrons. The number of aromatic amines is 1. The quantitative estimate of drug-likeness (QED) is 0.805. The minimum absolute atomic E-state index is 0.0426. The van der Waals surface area contributed by atoms with Crippen molar-refractivity contribution in [1.82, 2.24) is 9.88 Å². The molecule has 2 aliphatic heterocycles. The fraction of sp³-hybridized carbons (Fsp3) is 0.438. The van der Waals surface area contributed by atoms with Gasteiger partial charge in [0.05, 0.1) is 5.52 Å². The highest BCUT2D eigenvalue weighted by atomic mass is 79.9. The van der Waals surface area contributed by atoms with Gasteiger partial charge in [0.2, 0.25) is 0 Å². The van der Waals surface area contributed by atoms with Crippen LogP contribution in [0, 0.1) is 0 Å². The predicted octanol–water partition coefficient (Wildman–Crippen LogP) is 2.99. The molecule has 1 fully saturated rings. The molecule has 110 valence electrons. The van der Waals surface area contributed by atoms with Crippen LogP contribution in [0.3, 0.4) is 0 Å². The number of halogens is 1. The average Bonchev–Trinajstić information content (AvgIpc) is 2.99. The highest BCUT2D eigenvalue weighted by Gasteiger charge is 2.38. The number of carbonyl (C=O) groups is 1. The fourth-order valence-corrected chi connectivity index (χ4v) is 3.99. The number of nitrogens with one attached hydrogen (secondary N) is 1. The van der Waals surface area contributed by atoms with E-state index in [9.17, 15) is 4.79 Å². The van der Waals surface area contributed by atoms with Crippen molar-refractivity contribution in [3.05, 3.63) is 33.9 Å². The first kappa shape index (κ1) is 13.3. The van der Waals surface area contributed by atoms with Gasteiger partial charge in [0.15, 0.2) is 0 Å². The summed E-state index contributed by atoms with van der Waals surface area (Å²) >= 11 is 3.60. The lowest BCUT2D eigenvalue weighted by Crippen LogP contribution is -2.41. The number of hydrogen-bond donors (Lipinski definition) is 1. The van der Waals surface area contributed by atoms with E-state index in [0.717, 1.165) is 35.9 Å². The monoisotopic (exact) mass is 348 g/mol. The van der Waals surface area contributed by atoms with Crippen molar-refractivity contribution in [3.8, 4) is 0 Å². The first-order chi connectivity index (χ1) is 10.1. The van der Waals surface area contributed by atoms with Crippen LogP contribution in [0.15, 0.2) is 22.7 Å². The lowest BCUT2D eigenvalue weighted by Gasteiger charge is -2.30. The highest BCUT2D eigenvalue weighted by molar-refractivity contribution is 9.10. The zero-order chi connectivity index (χ0) is 14.6. The molecule has 3 heterocycles. The van der Waals surface area contributed by atoms with Gasteiger partial charge >= 0.3 is 5.97 Å². The number of esters is 1. The molecule has 2 aromatic rings. The van der Waals surface area contributed by atoms with Crippen LogP contribution in [-0.4, -0.2) is 34.5 Å². The summed E-state index contributed by atoms with van der Waals surface area (Å²) in [5, 5.41) is 1.25. The minimum atomic E-state index is -0.0785. The Morgan fingerprint density at radius 3 is 3.05 bits per heavy atom. The van der Waals surface area contributed by atoms with Crippen LogP contribution in [0.2, 0.25) is 0 Å². The Morgan fingerprint density at radius 1 is 1.43 bits per heavy atom. The lowest BCUT2D eigenvalue weighted by atomic mass is 10.0. The maximum atomic E-state index is 12.0. The zero-order valence-electron chi connectivity index (χ0n) is 11.9. The Balaban J connectivity index is 1.70. The maximum absolute atomic E-state index is 12.0. The van der Waals surface area contributed by atoms with Gasteiger partial charge in [-0.2, -0.15) is 0 Å². The van der Waals surface area contributed by atoms with Crippen molar-refractivity contribution < 1.29 is 9.53 Å². The fourth-order valence-electron chi connectivity index (χ4n) is 3.52. The lowest BCUT2D eigenvalue weighted by molar-refractivity contribution is -0.145. The molecule has 1 saturated heterocycles. The summed E-state index contributed by atoms with van der Waals surface area (Å²) < 4.78 is 6.40. The first-order valence-electron chi connectivity index (χ1n) is 7.36. The molecular weight excluding hydrogens is 332 g/mol. The molecular formula is C16H17BrN2O2. The molecule has 0 spiro atoms. The number of rotatable bonds is 1. The van der Waals surface area contributed by atoms with Crippen molar-refractivity contribution >= 4 is 32.8 Å². The number of carbonyl (C=O) groups excluding carboxylic acids is 1. The number of aromatic nitrogens is 1. The molecule has 0 aliphatic carbocycles. The smallest absolute Gasteiger partial charge is 0.323 e. The van der Waals surface area contributed by atoms with E-state index < -0.39 is 0 Å². The summed E-state index contributed by atoms with van der Waals surface area (Å²) in [6.07, 6.45) is 1.80. The molecule has 1 N–H and O–H groups in total. The third-order valence-electron chi connectivity index (χ3n) is 4.57. The Labute approximate surface area is 131 Å². The predicted molar refractivity (Wildman–Crippen MR) is 84.1 cm³/mol. The van der Waals surface area contributed by atoms with Crippen LogP contribution in [0.5, 0.6) is 0 Å². The average molecular weight is 349 g/mol. The first-order valence-corrected chi connectivity index (χ1v) is 8.15. The molecule has 2 atom stereocenters. The summed E-state index contributed by atoms with van der Waals surface area (Å²) in [6, 6.07) is 6.18. The van der Waals surface area contributed by atoms with Gasteiger partial charge in [-0.05, 0) is 34.5 Å². The Kier molecular flexibility index (Phi) is 3.08. The Bertz CT molecular complexity index is 724. The molecule has 4 rings (SSSR count). The Morgan fingerprint density at radius 2 is 2.29 bits per heavy atom. The molecule has 5 heteroatoms. The molecule has 0 bridgehead atoms. The van der Waals surface area contributed by atoms with Crippen molar-refractivity contribution in [2.24, 2.45) is 0 Å². The minimum Gasteiger partial charge on any atom is -0.461 e. The molecule has 0 amide bonds. The molecule has 0 saturated carbocycles. The van der Waals surface area contributed by atoms with Crippen molar-refractivity contribution in [2.75, 3.05) is 6.54 Å². The normalized spacial score (nSPS) is 26.1. The summed E-state index contributed by atoms with van der Waals surface area (Å²) in [6.45, 7) is 3.69. The van der Waals surface area contributed by atoms with Gasteiger partial charge in [-0.3, -0.25) is 9.69 Å². The van der Waals surface area contributed by atoms with Crippen LogP contribution in [0.4, 0.5) is 0 Å². The molecule has 1 aromatic carbocycles. The topological polar surface area (TPSA) is 45.3 Å². The summed E-state index contributed by atoms with van der Waals surface area (Å²) in [4.78, 5) is 17.8. The van der Waals surface area contributed by atoms with Gasteiger partial charge in [-0.15, -0.1) is 0 Å². The van der Waals surface area contributed by atoms with Gasteiger partial charge in [0.25, 0.3) is 0 Å². The van der Waals surface area contributed by atoms with E-state index >= 15 is 0 Å². The second-order valence-electron chi connectivity index (χ2n) is 5.96. The number of fused-ring (bicyclic) bond motifs is 3. The number of nitrogens with zero attached hydrogens (tertiary/aromatic N) is 1. The van der Waals surface area contributed by atoms with E-state index in [1.807, 2.05) is 6.92 Å². The molecule has 21 heavy (non-hydrogen) atoms. The number of benzene rings is 1. The maximum Gasteiger partial charge on any atom is 0.323 e. The number of hydrogen-bond acceptors (Lipinski definition) is 3. The SMILES string of the molecule is C[C@H]1C[C@@H](N2CCc3[nH]c4c(Br)cccc4c3C2)C(=O)O1. The van der Waals surface area contributed by atoms with E-state index in [4.69, 9.17) is 4.74 Å².